The summed E-state index contributed by atoms with van der Waals surface area (Å²) in [6.07, 6.45) is 8.51. The van der Waals surface area contributed by atoms with Crippen LogP contribution in [0, 0.1) is 41.2 Å². The molecule has 9 nitrogen and oxygen atoms in total. The molecule has 1 amide bonds. The molecule has 2 unspecified atom stereocenters. The van der Waals surface area contributed by atoms with E-state index in [1.54, 1.807) is 6.20 Å². The summed E-state index contributed by atoms with van der Waals surface area (Å²) in [5.74, 6) is 1.15. The summed E-state index contributed by atoms with van der Waals surface area (Å²) in [7, 11) is 1.90. The van der Waals surface area contributed by atoms with Gasteiger partial charge in [0.05, 0.1) is 22.5 Å². The van der Waals surface area contributed by atoms with Crippen molar-refractivity contribution in [2.24, 2.45) is 17.3 Å². The minimum atomic E-state index is -0.431. The zero-order chi connectivity index (χ0) is 24.4. The van der Waals surface area contributed by atoms with Crippen LogP contribution in [0.1, 0.15) is 68.8 Å². The Labute approximate surface area is 208 Å². The van der Waals surface area contributed by atoms with E-state index in [9.17, 15) is 14.9 Å². The molecule has 0 spiro atoms. The fourth-order valence-corrected chi connectivity index (χ4v) is 8.06. The number of carbonyl (C=O) groups excluding carboxylic acids is 1. The first-order valence-electron chi connectivity index (χ1n) is 12.2. The zero-order valence-corrected chi connectivity index (χ0v) is 22.0. The van der Waals surface area contributed by atoms with Gasteiger partial charge in [0.2, 0.25) is 5.91 Å². The van der Waals surface area contributed by atoms with Crippen molar-refractivity contribution in [3.8, 4) is 0 Å². The number of aromatic nitrogens is 4. The van der Waals surface area contributed by atoms with Crippen LogP contribution in [0.5, 0.6) is 0 Å². The summed E-state index contributed by atoms with van der Waals surface area (Å²) < 4.78 is 4.28. The van der Waals surface area contributed by atoms with Gasteiger partial charge in [0, 0.05) is 37.8 Å². The van der Waals surface area contributed by atoms with Crippen LogP contribution in [0.3, 0.4) is 0 Å². The molecule has 10 heteroatoms. The van der Waals surface area contributed by atoms with E-state index < -0.39 is 4.92 Å². The number of hydrogen-bond acceptors (Lipinski definition) is 5. The second-order valence-electron chi connectivity index (χ2n) is 11.1. The lowest BCUT2D eigenvalue weighted by molar-refractivity contribution is -0.390. The fraction of sp³-hybridized carbons (Fsp3) is 0.708. The first kappa shape index (κ1) is 23.5. The van der Waals surface area contributed by atoms with Crippen molar-refractivity contribution in [1.82, 2.24) is 24.5 Å². The van der Waals surface area contributed by atoms with Gasteiger partial charge in [-0.15, -0.1) is 0 Å². The van der Waals surface area contributed by atoms with E-state index in [-0.39, 0.29) is 22.7 Å². The van der Waals surface area contributed by atoms with E-state index in [1.165, 1.54) is 6.42 Å². The average molecular weight is 533 g/mol. The smallest absolute Gasteiger partial charge is 0.358 e. The Morgan fingerprint density at radius 2 is 1.94 bits per heavy atom. The largest absolute Gasteiger partial charge is 0.404 e. The number of nitrogens with zero attached hydrogens (tertiary/aromatic N) is 6. The zero-order valence-electron chi connectivity index (χ0n) is 20.4. The Morgan fingerprint density at radius 3 is 2.50 bits per heavy atom. The van der Waals surface area contributed by atoms with E-state index in [1.807, 2.05) is 28.2 Å². The van der Waals surface area contributed by atoms with Crippen molar-refractivity contribution in [3.63, 3.8) is 0 Å². The summed E-state index contributed by atoms with van der Waals surface area (Å²) in [5, 5.41) is 20.4. The van der Waals surface area contributed by atoms with Gasteiger partial charge in [-0.25, -0.2) is 0 Å². The third-order valence-electron chi connectivity index (χ3n) is 8.64. The number of carbonyl (C=O) groups is 1. The molecule has 0 aliphatic heterocycles. The molecule has 0 radical (unpaired) electrons. The summed E-state index contributed by atoms with van der Waals surface area (Å²) in [4.78, 5) is 26.3. The number of nitro groups is 1. The van der Waals surface area contributed by atoms with Crippen LogP contribution >= 0.6 is 15.9 Å². The summed E-state index contributed by atoms with van der Waals surface area (Å²) >= 11 is 3.33. The molecule has 34 heavy (non-hydrogen) atoms. The third kappa shape index (κ3) is 3.78. The van der Waals surface area contributed by atoms with Crippen LogP contribution in [0.15, 0.2) is 10.7 Å². The molecule has 2 aromatic heterocycles. The van der Waals surface area contributed by atoms with Crippen LogP contribution in [0.25, 0.3) is 0 Å². The van der Waals surface area contributed by atoms with E-state index in [0.29, 0.717) is 29.3 Å². The number of aryl methyl sites for hydroxylation is 2. The van der Waals surface area contributed by atoms with Crippen molar-refractivity contribution in [3.05, 3.63) is 37.7 Å². The molecule has 0 N–H and O–H groups in total. The Kier molecular flexibility index (Phi) is 5.65. The Balaban J connectivity index is 1.37. The lowest BCUT2D eigenvalue weighted by atomic mass is 9.46. The molecule has 2 heterocycles. The highest BCUT2D eigenvalue weighted by atomic mass is 79.9. The first-order valence-corrected chi connectivity index (χ1v) is 13.0. The minimum absolute atomic E-state index is 0.0552. The summed E-state index contributed by atoms with van der Waals surface area (Å²) in [5.41, 5.74) is 2.96. The molecule has 0 aromatic carbocycles. The average Bonchev–Trinajstić information content (AvgIpc) is 3.27. The highest BCUT2D eigenvalue weighted by Gasteiger charge is 2.60. The van der Waals surface area contributed by atoms with E-state index >= 15 is 0 Å². The Morgan fingerprint density at radius 1 is 1.26 bits per heavy atom. The van der Waals surface area contributed by atoms with Gasteiger partial charge >= 0.3 is 5.82 Å². The van der Waals surface area contributed by atoms with Gasteiger partial charge < -0.3 is 15.0 Å². The lowest BCUT2D eigenvalue weighted by Crippen LogP contribution is -2.57. The van der Waals surface area contributed by atoms with Crippen molar-refractivity contribution in [2.75, 3.05) is 7.05 Å². The molecule has 4 aliphatic rings. The topological polar surface area (TPSA) is 99.1 Å². The normalized spacial score (nSPS) is 29.6. The van der Waals surface area contributed by atoms with Gasteiger partial charge in [-0.1, -0.05) is 0 Å². The van der Waals surface area contributed by atoms with Crippen molar-refractivity contribution >= 4 is 27.7 Å². The lowest BCUT2D eigenvalue weighted by Gasteiger charge is -2.61. The van der Waals surface area contributed by atoms with E-state index in [2.05, 4.69) is 40.0 Å². The van der Waals surface area contributed by atoms with Gasteiger partial charge in [-0.3, -0.25) is 9.48 Å². The maximum atomic E-state index is 13.5. The molecular formula is C24H33BrN6O3. The fourth-order valence-electron chi connectivity index (χ4n) is 7.64. The molecule has 4 fully saturated rings. The second kappa shape index (κ2) is 8.17. The van der Waals surface area contributed by atoms with Crippen LogP contribution in [0.2, 0.25) is 0 Å². The molecule has 4 bridgehead atoms. The molecule has 184 valence electrons. The molecule has 2 atom stereocenters. The maximum absolute atomic E-state index is 13.5. The van der Waals surface area contributed by atoms with Gasteiger partial charge in [-0.05, 0) is 97.4 Å². The van der Waals surface area contributed by atoms with E-state index in [0.717, 1.165) is 55.6 Å². The minimum Gasteiger partial charge on any atom is -0.358 e. The van der Waals surface area contributed by atoms with Gasteiger partial charge in [0.25, 0.3) is 0 Å². The molecular weight excluding hydrogens is 500 g/mol. The SMILES string of the molecule is CCn1nc(C)c(CN(C)C(=O)CC23CC4CC(C2)CC(n2cc(Br)c([N+](=O)[O-])n2)(C4)C3)c1C. The Bertz CT molecular complexity index is 1140. The highest BCUT2D eigenvalue weighted by molar-refractivity contribution is 9.10. The predicted molar refractivity (Wildman–Crippen MR) is 130 cm³/mol. The standard InChI is InChI=1S/C24H33BrN6O3/c1-5-29-16(3)19(15(2)26-29)12-28(4)21(32)11-23-7-17-6-18(8-23)10-24(9-17,14-23)30-13-20(25)22(27-30)31(33)34/h13,17-18H,5-12,14H2,1-4H3. The van der Waals surface area contributed by atoms with Crippen LogP contribution in [-0.2, 0) is 23.4 Å². The third-order valence-corrected chi connectivity index (χ3v) is 9.20. The Hall–Kier alpha value is -2.23. The second-order valence-corrected chi connectivity index (χ2v) is 11.9. The van der Waals surface area contributed by atoms with Crippen LogP contribution < -0.4 is 0 Å². The van der Waals surface area contributed by atoms with Gasteiger partial charge in [-0.2, -0.15) is 9.78 Å². The number of halogens is 1. The first-order chi connectivity index (χ1) is 16.0. The molecule has 6 rings (SSSR count). The number of amides is 1. The van der Waals surface area contributed by atoms with Crippen LogP contribution in [0.4, 0.5) is 5.82 Å². The number of hydrogen-bond donors (Lipinski definition) is 0. The molecule has 4 saturated carbocycles. The quantitative estimate of drug-likeness (QED) is 0.379. The summed E-state index contributed by atoms with van der Waals surface area (Å²) in [6, 6.07) is 0. The molecule has 2 aromatic rings. The highest BCUT2D eigenvalue weighted by Crippen LogP contribution is 2.65. The predicted octanol–water partition coefficient (Wildman–Crippen LogP) is 4.73. The van der Waals surface area contributed by atoms with Crippen LogP contribution in [-0.4, -0.2) is 42.3 Å². The molecule has 4 aliphatic carbocycles. The van der Waals surface area contributed by atoms with Gasteiger partial charge in [0.15, 0.2) is 0 Å². The van der Waals surface area contributed by atoms with Crippen molar-refractivity contribution in [1.29, 1.82) is 0 Å². The van der Waals surface area contributed by atoms with Crippen molar-refractivity contribution < 1.29 is 9.72 Å². The van der Waals surface area contributed by atoms with E-state index in [4.69, 9.17) is 0 Å². The number of rotatable bonds is 7. The monoisotopic (exact) mass is 532 g/mol. The molecule has 0 saturated heterocycles. The van der Waals surface area contributed by atoms with Gasteiger partial charge in [0.1, 0.15) is 4.47 Å². The summed E-state index contributed by atoms with van der Waals surface area (Å²) in [6.45, 7) is 7.55. The maximum Gasteiger partial charge on any atom is 0.404 e. The van der Waals surface area contributed by atoms with Crippen molar-refractivity contribution in [2.45, 2.75) is 84.3 Å².